The summed E-state index contributed by atoms with van der Waals surface area (Å²) in [5, 5.41) is 3.97. The van der Waals surface area contributed by atoms with Gasteiger partial charge < -0.3 is 10.2 Å². The largest absolute Gasteiger partial charge is 0.354 e. The van der Waals surface area contributed by atoms with E-state index in [0.29, 0.717) is 27.2 Å². The van der Waals surface area contributed by atoms with Gasteiger partial charge in [0.15, 0.2) is 0 Å². The van der Waals surface area contributed by atoms with Crippen LogP contribution in [0.15, 0.2) is 102 Å². The van der Waals surface area contributed by atoms with E-state index in [0.717, 1.165) is 28.3 Å². The summed E-state index contributed by atoms with van der Waals surface area (Å²) in [5.74, 6) is -0.975. The smallest absolute Gasteiger partial charge is 0.264 e. The third-order valence-electron chi connectivity index (χ3n) is 7.49. The van der Waals surface area contributed by atoms with Gasteiger partial charge in [-0.15, -0.1) is 0 Å². The van der Waals surface area contributed by atoms with Crippen LogP contribution < -0.4 is 9.62 Å². The lowest BCUT2D eigenvalue weighted by Gasteiger charge is -2.34. The fourth-order valence-corrected chi connectivity index (χ4v) is 6.94. The number of carbonyl (C=O) groups excluding carboxylic acids is 2. The second-order valence-corrected chi connectivity index (χ2v) is 14.0. The number of unbranched alkanes of at least 4 members (excludes halogenated alkanes) is 1. The summed E-state index contributed by atoms with van der Waals surface area (Å²) in [6.45, 7) is 3.61. The highest BCUT2D eigenvalue weighted by Gasteiger charge is 2.35. The van der Waals surface area contributed by atoms with Crippen molar-refractivity contribution >= 4 is 62.3 Å². The van der Waals surface area contributed by atoms with Gasteiger partial charge in [0.1, 0.15) is 12.6 Å². The third-order valence-corrected chi connectivity index (χ3v) is 10.2. The van der Waals surface area contributed by atoms with Crippen molar-refractivity contribution in [3.8, 4) is 0 Å². The Morgan fingerprint density at radius 3 is 2.07 bits per heavy atom. The molecule has 0 heterocycles. The lowest BCUT2D eigenvalue weighted by molar-refractivity contribution is -0.140. The number of nitrogens with zero attached hydrogens (tertiary/aromatic N) is 2. The Kier molecular flexibility index (Phi) is 12.5. The quantitative estimate of drug-likeness (QED) is 0.137. The molecule has 0 saturated carbocycles. The first-order chi connectivity index (χ1) is 22.0. The van der Waals surface area contributed by atoms with Gasteiger partial charge in [0.2, 0.25) is 11.8 Å². The Morgan fingerprint density at radius 2 is 1.46 bits per heavy atom. The highest BCUT2D eigenvalue weighted by molar-refractivity contribution is 7.92. The Labute approximate surface area is 286 Å². The number of anilines is 1. The molecule has 0 bridgehead atoms. The van der Waals surface area contributed by atoms with Crippen molar-refractivity contribution in [1.29, 1.82) is 0 Å². The minimum absolute atomic E-state index is 0.0379. The number of amides is 2. The average molecular weight is 701 g/mol. The maximum atomic E-state index is 14.6. The van der Waals surface area contributed by atoms with Crippen molar-refractivity contribution in [2.24, 2.45) is 0 Å². The Morgan fingerprint density at radius 1 is 0.826 bits per heavy atom. The highest BCUT2D eigenvalue weighted by atomic mass is 35.5. The highest BCUT2D eigenvalue weighted by Crippen LogP contribution is 2.29. The van der Waals surface area contributed by atoms with Crippen LogP contribution in [0.4, 0.5) is 5.69 Å². The molecular formula is C35H36Cl3N3O4S. The number of hydrogen-bond donors (Lipinski definition) is 1. The molecule has 0 unspecified atom stereocenters. The molecule has 4 aromatic carbocycles. The number of hydrogen-bond acceptors (Lipinski definition) is 4. The van der Waals surface area contributed by atoms with Crippen LogP contribution in [-0.4, -0.2) is 44.3 Å². The van der Waals surface area contributed by atoms with Crippen molar-refractivity contribution in [2.45, 2.75) is 50.6 Å². The number of carbonyl (C=O) groups is 2. The summed E-state index contributed by atoms with van der Waals surface area (Å²) >= 11 is 19.2. The molecule has 0 radical (unpaired) electrons. The van der Waals surface area contributed by atoms with E-state index in [1.165, 1.54) is 29.2 Å². The number of halogens is 3. The minimum Gasteiger partial charge on any atom is -0.354 e. The minimum atomic E-state index is -4.25. The maximum absolute atomic E-state index is 14.6. The molecule has 4 rings (SSSR count). The third kappa shape index (κ3) is 9.04. The van der Waals surface area contributed by atoms with Crippen molar-refractivity contribution in [3.63, 3.8) is 0 Å². The summed E-state index contributed by atoms with van der Waals surface area (Å²) in [5.41, 5.74) is 2.48. The molecule has 1 atom stereocenters. The van der Waals surface area contributed by atoms with E-state index in [9.17, 15) is 18.0 Å². The van der Waals surface area contributed by atoms with E-state index in [2.05, 4.69) is 5.32 Å². The second kappa shape index (κ2) is 16.3. The van der Waals surface area contributed by atoms with Crippen LogP contribution >= 0.6 is 34.8 Å². The van der Waals surface area contributed by atoms with E-state index in [1.807, 2.05) is 44.2 Å². The molecule has 0 aliphatic carbocycles. The van der Waals surface area contributed by atoms with E-state index in [1.54, 1.807) is 42.5 Å². The van der Waals surface area contributed by atoms with E-state index in [4.69, 9.17) is 34.8 Å². The zero-order chi connectivity index (χ0) is 33.3. The molecule has 242 valence electrons. The number of aryl methyl sites for hydroxylation is 1. The summed E-state index contributed by atoms with van der Waals surface area (Å²) in [6, 6.07) is 25.9. The molecule has 2 amide bonds. The summed E-state index contributed by atoms with van der Waals surface area (Å²) in [4.78, 5) is 29.7. The number of nitrogens with one attached hydrogen (secondary N) is 1. The van der Waals surface area contributed by atoms with Gasteiger partial charge in [0.05, 0.1) is 10.6 Å². The van der Waals surface area contributed by atoms with Crippen LogP contribution in [0.2, 0.25) is 15.1 Å². The Hall–Kier alpha value is -3.56. The predicted octanol–water partition coefficient (Wildman–Crippen LogP) is 7.71. The first-order valence-corrected chi connectivity index (χ1v) is 17.5. The van der Waals surface area contributed by atoms with Crippen molar-refractivity contribution in [1.82, 2.24) is 10.2 Å². The molecule has 1 N–H and O–H groups in total. The van der Waals surface area contributed by atoms with Crippen molar-refractivity contribution in [3.05, 3.63) is 129 Å². The standard InChI is InChI=1S/C35H36Cl3N3O4S/c1-3-4-21-39-35(43)33(22-26-9-6-5-7-10-26)40(23-30-31(37)11-8-12-32(30)38)34(42)24-41(28-17-13-25(2)14-18-28)46(44,45)29-19-15-27(36)16-20-29/h5-20,33H,3-4,21-24H2,1-2H3,(H,39,43)/t33-/m1/s1. The van der Waals surface area contributed by atoms with Gasteiger partial charge in [-0.3, -0.25) is 13.9 Å². The van der Waals surface area contributed by atoms with Crippen LogP contribution in [0.3, 0.4) is 0 Å². The van der Waals surface area contributed by atoms with Crippen molar-refractivity contribution in [2.75, 3.05) is 17.4 Å². The molecule has 4 aromatic rings. The average Bonchev–Trinajstić information content (AvgIpc) is 3.04. The van der Waals surface area contributed by atoms with E-state index >= 15 is 0 Å². The molecule has 0 aromatic heterocycles. The van der Waals surface area contributed by atoms with E-state index in [-0.39, 0.29) is 29.5 Å². The van der Waals surface area contributed by atoms with Crippen LogP contribution in [0.1, 0.15) is 36.5 Å². The number of rotatable bonds is 14. The molecule has 11 heteroatoms. The summed E-state index contributed by atoms with van der Waals surface area (Å²) < 4.78 is 29.3. The zero-order valence-corrected chi connectivity index (χ0v) is 28.7. The topological polar surface area (TPSA) is 86.8 Å². The molecule has 0 fully saturated rings. The van der Waals surface area contributed by atoms with Crippen molar-refractivity contribution < 1.29 is 18.0 Å². The van der Waals surface area contributed by atoms with Gasteiger partial charge in [-0.2, -0.15) is 0 Å². The summed E-state index contributed by atoms with van der Waals surface area (Å²) in [6.07, 6.45) is 1.81. The first kappa shape index (κ1) is 35.3. The molecule has 0 aliphatic rings. The monoisotopic (exact) mass is 699 g/mol. The lowest BCUT2D eigenvalue weighted by Crippen LogP contribution is -2.53. The van der Waals surface area contributed by atoms with Gasteiger partial charge in [-0.05, 0) is 67.4 Å². The Bertz CT molecular complexity index is 1720. The van der Waals surface area contributed by atoms with E-state index < -0.39 is 28.5 Å². The van der Waals surface area contributed by atoms with Gasteiger partial charge in [-0.25, -0.2) is 8.42 Å². The fraction of sp³-hybridized carbons (Fsp3) is 0.257. The van der Waals surface area contributed by atoms with Crippen LogP contribution in [0.5, 0.6) is 0 Å². The fourth-order valence-electron chi connectivity index (χ4n) is 4.89. The molecular weight excluding hydrogens is 665 g/mol. The lowest BCUT2D eigenvalue weighted by atomic mass is 10.0. The molecule has 0 aliphatic heterocycles. The SMILES string of the molecule is CCCCNC(=O)[C@@H](Cc1ccccc1)N(Cc1c(Cl)cccc1Cl)C(=O)CN(c1ccc(C)cc1)S(=O)(=O)c1ccc(Cl)cc1. The zero-order valence-electron chi connectivity index (χ0n) is 25.6. The predicted molar refractivity (Wildman–Crippen MR) is 186 cm³/mol. The number of benzene rings is 4. The normalized spacial score (nSPS) is 11.9. The molecule has 0 spiro atoms. The maximum Gasteiger partial charge on any atom is 0.264 e. The van der Waals surface area contributed by atoms with Gasteiger partial charge in [0, 0.05) is 40.1 Å². The van der Waals surface area contributed by atoms with Crippen LogP contribution in [0, 0.1) is 6.92 Å². The van der Waals surface area contributed by atoms with Gasteiger partial charge in [0.25, 0.3) is 10.0 Å². The first-order valence-electron chi connectivity index (χ1n) is 14.9. The van der Waals surface area contributed by atoms with Crippen LogP contribution in [-0.2, 0) is 32.6 Å². The van der Waals surface area contributed by atoms with Gasteiger partial charge >= 0.3 is 0 Å². The molecule has 7 nitrogen and oxygen atoms in total. The second-order valence-electron chi connectivity index (χ2n) is 10.9. The van der Waals surface area contributed by atoms with Crippen LogP contribution in [0.25, 0.3) is 0 Å². The number of sulfonamides is 1. The summed E-state index contributed by atoms with van der Waals surface area (Å²) in [7, 11) is -4.25. The molecule has 46 heavy (non-hydrogen) atoms. The Balaban J connectivity index is 1.82. The molecule has 0 saturated heterocycles. The van der Waals surface area contributed by atoms with Gasteiger partial charge in [-0.1, -0.05) is 102 Å².